The Bertz CT molecular complexity index is 433. The van der Waals surface area contributed by atoms with Crippen molar-refractivity contribution in [2.24, 2.45) is 5.73 Å². The quantitative estimate of drug-likeness (QED) is 0.908. The molecule has 0 amide bonds. The van der Waals surface area contributed by atoms with Crippen LogP contribution in [0.15, 0.2) is 0 Å². The van der Waals surface area contributed by atoms with Crippen LogP contribution in [0.1, 0.15) is 51.1 Å². The number of rotatable bonds is 5. The maximum Gasteiger partial charge on any atom is 0.185 e. The Balaban J connectivity index is 2.18. The molecule has 2 N–H and O–H groups in total. The Hall–Kier alpha value is -0.650. The number of hydrogen-bond acceptors (Lipinski definition) is 5. The van der Waals surface area contributed by atoms with E-state index in [1.807, 2.05) is 0 Å². The molecule has 1 aliphatic rings. The largest absolute Gasteiger partial charge is 0.376 e. The molecular formula is C15H27N3OS. The lowest BCUT2D eigenvalue weighted by atomic mass is 9.91. The van der Waals surface area contributed by atoms with E-state index in [0.717, 1.165) is 36.9 Å². The number of ether oxygens (including phenoxy) is 1. The van der Waals surface area contributed by atoms with Crippen LogP contribution in [-0.2, 0) is 16.7 Å². The van der Waals surface area contributed by atoms with Crippen LogP contribution in [0, 0.1) is 0 Å². The maximum absolute atomic E-state index is 5.89. The lowest BCUT2D eigenvalue weighted by Crippen LogP contribution is -2.32. The summed E-state index contributed by atoms with van der Waals surface area (Å²) in [5.74, 6) is 0. The van der Waals surface area contributed by atoms with Gasteiger partial charge in [-0.15, -0.1) is 11.3 Å². The summed E-state index contributed by atoms with van der Waals surface area (Å²) in [6.45, 7) is 12.1. The van der Waals surface area contributed by atoms with Gasteiger partial charge >= 0.3 is 0 Å². The highest BCUT2D eigenvalue weighted by Gasteiger charge is 2.26. The van der Waals surface area contributed by atoms with E-state index in [1.54, 1.807) is 11.3 Å². The summed E-state index contributed by atoms with van der Waals surface area (Å²) in [6, 6.07) is 0. The number of hydrogen-bond donors (Lipinski definition) is 1. The van der Waals surface area contributed by atoms with Crippen molar-refractivity contribution in [3.63, 3.8) is 0 Å². The molecule has 1 saturated heterocycles. The van der Waals surface area contributed by atoms with Crippen LogP contribution in [0.5, 0.6) is 0 Å². The van der Waals surface area contributed by atoms with Crippen LogP contribution in [0.4, 0.5) is 5.13 Å². The summed E-state index contributed by atoms with van der Waals surface area (Å²) in [7, 11) is 0. The van der Waals surface area contributed by atoms with Gasteiger partial charge in [-0.3, -0.25) is 0 Å². The van der Waals surface area contributed by atoms with E-state index < -0.39 is 0 Å². The van der Waals surface area contributed by atoms with E-state index in [2.05, 4.69) is 32.6 Å². The van der Waals surface area contributed by atoms with Gasteiger partial charge in [0, 0.05) is 36.5 Å². The molecule has 5 heteroatoms. The monoisotopic (exact) mass is 297 g/mol. The predicted molar refractivity (Wildman–Crippen MR) is 85.6 cm³/mol. The lowest BCUT2D eigenvalue weighted by molar-refractivity contribution is 0.115. The Morgan fingerprint density at radius 3 is 2.65 bits per heavy atom. The smallest absolute Gasteiger partial charge is 0.185 e. The molecule has 0 radical (unpaired) electrons. The van der Waals surface area contributed by atoms with E-state index in [1.165, 1.54) is 11.3 Å². The summed E-state index contributed by atoms with van der Waals surface area (Å²) in [4.78, 5) is 8.41. The average Bonchev–Trinajstić information content (AvgIpc) is 3.03. The van der Waals surface area contributed by atoms with Gasteiger partial charge < -0.3 is 15.4 Å². The van der Waals surface area contributed by atoms with Crippen LogP contribution in [-0.4, -0.2) is 30.8 Å². The maximum atomic E-state index is 5.89. The molecule has 1 aliphatic heterocycles. The van der Waals surface area contributed by atoms with Gasteiger partial charge in [0.15, 0.2) is 5.13 Å². The zero-order valence-electron chi connectivity index (χ0n) is 13.1. The van der Waals surface area contributed by atoms with E-state index >= 15 is 0 Å². The van der Waals surface area contributed by atoms with E-state index in [9.17, 15) is 0 Å². The number of aromatic nitrogens is 1. The molecule has 2 rings (SSSR count). The predicted octanol–water partition coefficient (Wildman–Crippen LogP) is 2.90. The van der Waals surface area contributed by atoms with Crippen molar-refractivity contribution in [2.75, 3.05) is 24.6 Å². The van der Waals surface area contributed by atoms with Crippen molar-refractivity contribution in [2.45, 2.75) is 58.6 Å². The van der Waals surface area contributed by atoms with Crippen molar-refractivity contribution in [3.05, 3.63) is 10.6 Å². The molecule has 1 aromatic rings. The molecule has 0 saturated carbocycles. The summed E-state index contributed by atoms with van der Waals surface area (Å²) in [6.07, 6.45) is 2.71. The first kappa shape index (κ1) is 15.7. The van der Waals surface area contributed by atoms with Crippen molar-refractivity contribution in [1.29, 1.82) is 0 Å². The minimum absolute atomic E-state index is 0.0483. The molecule has 114 valence electrons. The number of anilines is 1. The Morgan fingerprint density at radius 2 is 2.20 bits per heavy atom. The first-order valence-corrected chi connectivity index (χ1v) is 8.34. The van der Waals surface area contributed by atoms with Crippen molar-refractivity contribution < 1.29 is 4.74 Å². The Kier molecular flexibility index (Phi) is 5.04. The summed E-state index contributed by atoms with van der Waals surface area (Å²) in [5, 5.41) is 1.09. The van der Waals surface area contributed by atoms with Crippen LogP contribution in [0.25, 0.3) is 0 Å². The molecule has 2 heterocycles. The molecule has 0 spiro atoms. The molecular weight excluding hydrogens is 270 g/mol. The first-order chi connectivity index (χ1) is 9.45. The van der Waals surface area contributed by atoms with Crippen molar-refractivity contribution in [1.82, 2.24) is 4.98 Å². The average molecular weight is 297 g/mol. The summed E-state index contributed by atoms with van der Waals surface area (Å²) >= 11 is 1.74. The summed E-state index contributed by atoms with van der Waals surface area (Å²) < 4.78 is 5.75. The van der Waals surface area contributed by atoms with Gasteiger partial charge in [0.1, 0.15) is 0 Å². The van der Waals surface area contributed by atoms with Crippen LogP contribution >= 0.6 is 11.3 Å². The fourth-order valence-electron chi connectivity index (χ4n) is 2.58. The number of nitrogens with zero attached hydrogens (tertiary/aromatic N) is 2. The van der Waals surface area contributed by atoms with Crippen molar-refractivity contribution in [3.8, 4) is 0 Å². The highest BCUT2D eigenvalue weighted by Crippen LogP contribution is 2.34. The number of thiazole rings is 1. The van der Waals surface area contributed by atoms with Gasteiger partial charge in [-0.2, -0.15) is 0 Å². The highest BCUT2D eigenvalue weighted by molar-refractivity contribution is 7.15. The Labute approximate surface area is 126 Å². The SMILES string of the molecule is CCN(CC1CCCO1)c1nc(C(C)(C)C)c(CN)s1. The third kappa shape index (κ3) is 3.51. The standard InChI is InChI=1S/C15H27N3OS/c1-5-18(10-11-7-6-8-19-11)14-17-13(15(2,3)4)12(9-16)20-14/h11H,5-10,16H2,1-4H3. The normalized spacial score (nSPS) is 19.6. The van der Waals surface area contributed by atoms with Crippen LogP contribution in [0.2, 0.25) is 0 Å². The topological polar surface area (TPSA) is 51.4 Å². The fraction of sp³-hybridized carbons (Fsp3) is 0.800. The first-order valence-electron chi connectivity index (χ1n) is 7.52. The van der Waals surface area contributed by atoms with E-state index in [4.69, 9.17) is 15.5 Å². The molecule has 4 nitrogen and oxygen atoms in total. The minimum atomic E-state index is 0.0483. The molecule has 0 bridgehead atoms. The second kappa shape index (κ2) is 6.41. The van der Waals surface area contributed by atoms with Crippen LogP contribution in [0.3, 0.4) is 0 Å². The van der Waals surface area contributed by atoms with E-state index in [0.29, 0.717) is 12.6 Å². The second-order valence-electron chi connectivity index (χ2n) is 6.40. The van der Waals surface area contributed by atoms with Gasteiger partial charge in [0.05, 0.1) is 11.8 Å². The molecule has 0 aliphatic carbocycles. The molecule has 1 aromatic heterocycles. The van der Waals surface area contributed by atoms with Gasteiger partial charge in [-0.05, 0) is 19.8 Å². The third-order valence-electron chi connectivity index (χ3n) is 3.68. The number of likely N-dealkylation sites (N-methyl/N-ethyl adjacent to an activating group) is 1. The molecule has 0 aromatic carbocycles. The van der Waals surface area contributed by atoms with Gasteiger partial charge in [-0.25, -0.2) is 4.98 Å². The molecule has 20 heavy (non-hydrogen) atoms. The number of nitrogens with two attached hydrogens (primary N) is 1. The molecule has 1 fully saturated rings. The zero-order chi connectivity index (χ0) is 14.8. The van der Waals surface area contributed by atoms with E-state index in [-0.39, 0.29) is 5.41 Å². The van der Waals surface area contributed by atoms with Gasteiger partial charge in [0.25, 0.3) is 0 Å². The second-order valence-corrected chi connectivity index (χ2v) is 7.46. The Morgan fingerprint density at radius 1 is 1.45 bits per heavy atom. The third-order valence-corrected chi connectivity index (χ3v) is 4.82. The van der Waals surface area contributed by atoms with Gasteiger partial charge in [0.2, 0.25) is 0 Å². The lowest BCUT2D eigenvalue weighted by Gasteiger charge is -2.23. The minimum Gasteiger partial charge on any atom is -0.376 e. The highest BCUT2D eigenvalue weighted by atomic mass is 32.1. The van der Waals surface area contributed by atoms with Gasteiger partial charge in [-0.1, -0.05) is 20.8 Å². The molecule has 1 atom stereocenters. The fourth-order valence-corrected chi connectivity index (χ4v) is 3.80. The zero-order valence-corrected chi connectivity index (χ0v) is 13.9. The van der Waals surface area contributed by atoms with Crippen molar-refractivity contribution >= 4 is 16.5 Å². The molecule has 1 unspecified atom stereocenters. The van der Waals surface area contributed by atoms with Crippen LogP contribution < -0.4 is 10.6 Å². The summed E-state index contributed by atoms with van der Waals surface area (Å²) in [5.41, 5.74) is 7.09.